The summed E-state index contributed by atoms with van der Waals surface area (Å²) in [5.74, 6) is -1.58. The summed E-state index contributed by atoms with van der Waals surface area (Å²) in [6.45, 7) is 0. The molecule has 1 saturated heterocycles. The Kier molecular flexibility index (Phi) is 6.73. The second kappa shape index (κ2) is 10.2. The number of esters is 1. The summed E-state index contributed by atoms with van der Waals surface area (Å²) in [4.78, 5) is 40.9. The average molecular weight is 540 g/mol. The van der Waals surface area contributed by atoms with Crippen molar-refractivity contribution in [2.24, 2.45) is 5.41 Å². The van der Waals surface area contributed by atoms with Crippen LogP contribution >= 0.6 is 0 Å². The van der Waals surface area contributed by atoms with Crippen LogP contribution in [0.3, 0.4) is 0 Å². The molecule has 0 amide bonds. The van der Waals surface area contributed by atoms with Gasteiger partial charge in [-0.3, -0.25) is 19.7 Å². The number of non-ortho nitro benzene ring substituents is 1. The van der Waals surface area contributed by atoms with Crippen molar-refractivity contribution < 1.29 is 28.7 Å². The number of fused-ring (bicyclic) bond motifs is 3. The second-order valence-corrected chi connectivity index (χ2v) is 9.45. The van der Waals surface area contributed by atoms with Crippen LogP contribution in [0.2, 0.25) is 0 Å². The standard InChI is InChI=1S/C30H25N3O7/c1-38-23-13-11-19(16-24(23)39-2)26-27(28(34)20-8-6-9-21(15-20)33(36)37)32-22-10-5-4-7-18(22)12-14-25(32)30(26,17-31)29(35)40-3/h4-16,25-27H,1-3H3/t25-,26+,27-,30-/m1/s1. The fraction of sp³-hybridized carbons (Fsp3) is 0.233. The van der Waals surface area contributed by atoms with Crippen LogP contribution in [-0.4, -0.2) is 50.1 Å². The summed E-state index contributed by atoms with van der Waals surface area (Å²) in [6, 6.07) is 18.0. The molecule has 0 aliphatic carbocycles. The number of ketones is 1. The van der Waals surface area contributed by atoms with E-state index in [1.54, 1.807) is 35.2 Å². The fourth-order valence-electron chi connectivity index (χ4n) is 5.90. The van der Waals surface area contributed by atoms with Crippen LogP contribution in [0.5, 0.6) is 11.5 Å². The van der Waals surface area contributed by atoms with Crippen LogP contribution in [-0.2, 0) is 9.53 Å². The predicted octanol–water partition coefficient (Wildman–Crippen LogP) is 4.55. The van der Waals surface area contributed by atoms with E-state index in [0.29, 0.717) is 22.7 Å². The highest BCUT2D eigenvalue weighted by atomic mass is 16.6. The van der Waals surface area contributed by atoms with Crippen molar-refractivity contribution in [3.63, 3.8) is 0 Å². The molecule has 202 valence electrons. The van der Waals surface area contributed by atoms with E-state index < -0.39 is 40.1 Å². The van der Waals surface area contributed by atoms with Gasteiger partial charge in [0.15, 0.2) is 22.7 Å². The van der Waals surface area contributed by atoms with E-state index >= 15 is 0 Å². The molecule has 0 aromatic heterocycles. The van der Waals surface area contributed by atoms with Crippen molar-refractivity contribution in [2.75, 3.05) is 26.2 Å². The molecule has 0 N–H and O–H groups in total. The molecule has 1 fully saturated rings. The third kappa shape index (κ3) is 3.86. The SMILES string of the molecule is COC(=O)[C@@]1(C#N)[C@@H](c2ccc(OC)c(OC)c2)[C@H](C(=O)c2cccc([N+](=O)[O-])c2)N2c3ccccc3C=C[C@@H]21. The van der Waals surface area contributed by atoms with Crippen LogP contribution in [0.25, 0.3) is 6.08 Å². The van der Waals surface area contributed by atoms with E-state index in [1.807, 2.05) is 24.3 Å². The minimum atomic E-state index is -1.86. The van der Waals surface area contributed by atoms with Gasteiger partial charge in [0.05, 0.1) is 38.4 Å². The lowest BCUT2D eigenvalue weighted by atomic mass is 9.68. The normalized spacial score (nSPS) is 22.4. The predicted molar refractivity (Wildman–Crippen MR) is 145 cm³/mol. The van der Waals surface area contributed by atoms with E-state index in [2.05, 4.69) is 6.07 Å². The van der Waals surface area contributed by atoms with E-state index in [4.69, 9.17) is 14.2 Å². The first kappa shape index (κ1) is 26.4. The number of carbonyl (C=O) groups excluding carboxylic acids is 2. The zero-order valence-electron chi connectivity index (χ0n) is 21.9. The molecule has 0 unspecified atom stereocenters. The Balaban J connectivity index is 1.82. The molecule has 2 heterocycles. The third-order valence-electron chi connectivity index (χ3n) is 7.63. The Hall–Kier alpha value is -5.17. The number of nitrogens with zero attached hydrogens (tertiary/aromatic N) is 3. The monoisotopic (exact) mass is 539 g/mol. The number of methoxy groups -OCH3 is 3. The summed E-state index contributed by atoms with van der Waals surface area (Å²) in [6.07, 6.45) is 3.55. The van der Waals surface area contributed by atoms with Gasteiger partial charge in [-0.25, -0.2) is 0 Å². The largest absolute Gasteiger partial charge is 0.493 e. The summed E-state index contributed by atoms with van der Waals surface area (Å²) in [5, 5.41) is 22.3. The molecule has 0 bridgehead atoms. The van der Waals surface area contributed by atoms with Gasteiger partial charge in [-0.05, 0) is 29.3 Å². The van der Waals surface area contributed by atoms with Crippen LogP contribution in [0, 0.1) is 26.9 Å². The van der Waals surface area contributed by atoms with E-state index in [0.717, 1.165) is 5.56 Å². The summed E-state index contributed by atoms with van der Waals surface area (Å²) in [5.41, 5.74) is -0.130. The molecule has 3 aromatic carbocycles. The Morgan fingerprint density at radius 2 is 1.75 bits per heavy atom. The Bertz CT molecular complexity index is 1590. The zero-order valence-corrected chi connectivity index (χ0v) is 21.9. The molecule has 10 heteroatoms. The highest BCUT2D eigenvalue weighted by Gasteiger charge is 2.67. The van der Waals surface area contributed by atoms with Gasteiger partial charge < -0.3 is 19.1 Å². The number of hydrogen-bond acceptors (Lipinski definition) is 9. The molecular weight excluding hydrogens is 514 g/mol. The topological polar surface area (TPSA) is 132 Å². The average Bonchev–Trinajstić information content (AvgIpc) is 3.31. The molecule has 40 heavy (non-hydrogen) atoms. The van der Waals surface area contributed by atoms with Crippen LogP contribution in [0.4, 0.5) is 11.4 Å². The van der Waals surface area contributed by atoms with Crippen molar-refractivity contribution in [3.8, 4) is 17.6 Å². The van der Waals surface area contributed by atoms with Crippen LogP contribution in [0.1, 0.15) is 27.4 Å². The van der Waals surface area contributed by atoms with Gasteiger partial charge in [0, 0.05) is 29.3 Å². The lowest BCUT2D eigenvalue weighted by Crippen LogP contribution is -2.46. The number of anilines is 1. The first-order chi connectivity index (χ1) is 19.3. The maximum atomic E-state index is 14.5. The number of nitro groups is 1. The first-order valence-electron chi connectivity index (χ1n) is 12.4. The van der Waals surface area contributed by atoms with Crippen molar-refractivity contribution >= 4 is 29.2 Å². The number of ether oxygens (including phenoxy) is 3. The lowest BCUT2D eigenvalue weighted by Gasteiger charge is -2.36. The molecule has 3 aromatic rings. The van der Waals surface area contributed by atoms with E-state index in [1.165, 1.54) is 45.6 Å². The number of nitriles is 1. The summed E-state index contributed by atoms with van der Waals surface area (Å²) in [7, 11) is 4.15. The summed E-state index contributed by atoms with van der Waals surface area (Å²) >= 11 is 0. The molecule has 4 atom stereocenters. The quantitative estimate of drug-likeness (QED) is 0.184. The third-order valence-corrected chi connectivity index (χ3v) is 7.63. The molecule has 5 rings (SSSR count). The molecule has 0 saturated carbocycles. The van der Waals surface area contributed by atoms with Gasteiger partial charge in [0.2, 0.25) is 0 Å². The second-order valence-electron chi connectivity index (χ2n) is 9.45. The van der Waals surface area contributed by atoms with Crippen molar-refractivity contribution in [2.45, 2.75) is 18.0 Å². The Morgan fingerprint density at radius 1 is 1.00 bits per heavy atom. The van der Waals surface area contributed by atoms with Gasteiger partial charge in [-0.1, -0.05) is 48.6 Å². The number of rotatable bonds is 7. The smallest absolute Gasteiger partial charge is 0.329 e. The molecule has 0 spiro atoms. The highest BCUT2D eigenvalue weighted by molar-refractivity contribution is 6.06. The number of nitro benzene ring substituents is 1. The maximum absolute atomic E-state index is 14.5. The van der Waals surface area contributed by atoms with Crippen molar-refractivity contribution in [1.82, 2.24) is 0 Å². The fourth-order valence-corrected chi connectivity index (χ4v) is 5.90. The van der Waals surface area contributed by atoms with Gasteiger partial charge in [-0.15, -0.1) is 0 Å². The van der Waals surface area contributed by atoms with Gasteiger partial charge in [-0.2, -0.15) is 5.26 Å². The first-order valence-corrected chi connectivity index (χ1v) is 12.4. The number of benzene rings is 3. The van der Waals surface area contributed by atoms with Crippen LogP contribution < -0.4 is 14.4 Å². The van der Waals surface area contributed by atoms with Gasteiger partial charge in [0.1, 0.15) is 6.04 Å². The van der Waals surface area contributed by atoms with Crippen LogP contribution in [0.15, 0.2) is 72.8 Å². The summed E-state index contributed by atoms with van der Waals surface area (Å²) < 4.78 is 16.1. The number of carbonyl (C=O) groups is 2. The molecule has 2 aliphatic rings. The number of Topliss-reactive ketones (excluding diaryl/α,β-unsaturated/α-hetero) is 1. The van der Waals surface area contributed by atoms with Gasteiger partial charge >= 0.3 is 5.97 Å². The van der Waals surface area contributed by atoms with Crippen molar-refractivity contribution in [3.05, 3.63) is 99.6 Å². The Morgan fingerprint density at radius 3 is 2.42 bits per heavy atom. The highest BCUT2D eigenvalue weighted by Crippen LogP contribution is 2.57. The molecule has 2 aliphatic heterocycles. The zero-order chi connectivity index (χ0) is 28.6. The molecule has 0 radical (unpaired) electrons. The molecule has 10 nitrogen and oxygen atoms in total. The Labute approximate surface area is 230 Å². The van der Waals surface area contributed by atoms with E-state index in [9.17, 15) is 25.0 Å². The number of para-hydroxylation sites is 1. The number of hydrogen-bond donors (Lipinski definition) is 0. The maximum Gasteiger partial charge on any atom is 0.329 e. The van der Waals surface area contributed by atoms with Crippen molar-refractivity contribution in [1.29, 1.82) is 5.26 Å². The van der Waals surface area contributed by atoms with E-state index in [-0.39, 0.29) is 11.3 Å². The minimum absolute atomic E-state index is 0.0778. The minimum Gasteiger partial charge on any atom is -0.493 e. The van der Waals surface area contributed by atoms with Gasteiger partial charge in [0.25, 0.3) is 5.69 Å². The lowest BCUT2D eigenvalue weighted by molar-refractivity contribution is -0.384. The molecular formula is C30H25N3O7.